The van der Waals surface area contributed by atoms with Crippen LogP contribution in [0.4, 0.5) is 0 Å². The Kier molecular flexibility index (Phi) is 4.62. The fourth-order valence-electron chi connectivity index (χ4n) is 3.96. The fourth-order valence-corrected chi connectivity index (χ4v) is 3.96. The van der Waals surface area contributed by atoms with E-state index < -0.39 is 11.1 Å². The standard InChI is InChI=1S/C20H28N2O3/c1-14(15-9-6-5-7-10-15)21-16-13-20(18(24)25-19(2,3)4)11-8-12-22(20)17(16)23/h5-7,9-10,14,16,21H,8,11-13H2,1-4H3/t14-,16+,20+/m0/s1. The van der Waals surface area contributed by atoms with Crippen molar-refractivity contribution in [3.8, 4) is 0 Å². The normalized spacial score (nSPS) is 27.3. The monoisotopic (exact) mass is 344 g/mol. The second-order valence-electron chi connectivity index (χ2n) is 8.18. The molecule has 1 aromatic rings. The summed E-state index contributed by atoms with van der Waals surface area (Å²) < 4.78 is 5.65. The highest BCUT2D eigenvalue weighted by Gasteiger charge is 2.59. The largest absolute Gasteiger partial charge is 0.458 e. The highest BCUT2D eigenvalue weighted by Crippen LogP contribution is 2.42. The van der Waals surface area contributed by atoms with Gasteiger partial charge in [0.05, 0.1) is 6.04 Å². The molecule has 1 amide bonds. The fraction of sp³-hybridized carbons (Fsp3) is 0.600. The van der Waals surface area contributed by atoms with E-state index in [9.17, 15) is 9.59 Å². The van der Waals surface area contributed by atoms with Gasteiger partial charge in [-0.05, 0) is 46.1 Å². The van der Waals surface area contributed by atoms with Crippen LogP contribution in [0.2, 0.25) is 0 Å². The molecular weight excluding hydrogens is 316 g/mol. The van der Waals surface area contributed by atoms with E-state index in [4.69, 9.17) is 4.74 Å². The van der Waals surface area contributed by atoms with Gasteiger partial charge >= 0.3 is 5.97 Å². The number of fused-ring (bicyclic) bond motifs is 1. The Hall–Kier alpha value is -1.88. The van der Waals surface area contributed by atoms with E-state index in [1.54, 1.807) is 4.90 Å². The summed E-state index contributed by atoms with van der Waals surface area (Å²) >= 11 is 0. The lowest BCUT2D eigenvalue weighted by molar-refractivity contribution is -0.168. The number of nitrogens with one attached hydrogen (secondary N) is 1. The van der Waals surface area contributed by atoms with Crippen LogP contribution in [0.3, 0.4) is 0 Å². The molecule has 5 nitrogen and oxygen atoms in total. The Morgan fingerprint density at radius 2 is 2.00 bits per heavy atom. The summed E-state index contributed by atoms with van der Waals surface area (Å²) in [5, 5.41) is 3.42. The van der Waals surface area contributed by atoms with E-state index in [1.165, 1.54) is 0 Å². The van der Waals surface area contributed by atoms with Gasteiger partial charge in [0, 0.05) is 19.0 Å². The number of nitrogens with zero attached hydrogens (tertiary/aromatic N) is 1. The zero-order chi connectivity index (χ0) is 18.2. The zero-order valence-corrected chi connectivity index (χ0v) is 15.5. The third-order valence-corrected chi connectivity index (χ3v) is 5.12. The Balaban J connectivity index is 1.76. The van der Waals surface area contributed by atoms with Gasteiger partial charge in [-0.2, -0.15) is 0 Å². The first-order valence-corrected chi connectivity index (χ1v) is 9.09. The lowest BCUT2D eigenvalue weighted by atomic mass is 9.92. The number of ether oxygens (including phenoxy) is 1. The molecule has 0 aromatic heterocycles. The van der Waals surface area contributed by atoms with Crippen LogP contribution in [0.1, 0.15) is 58.6 Å². The van der Waals surface area contributed by atoms with Gasteiger partial charge in [0.15, 0.2) is 0 Å². The summed E-state index contributed by atoms with van der Waals surface area (Å²) in [5.41, 5.74) is -0.210. The van der Waals surface area contributed by atoms with Crippen LogP contribution in [0.25, 0.3) is 0 Å². The van der Waals surface area contributed by atoms with Gasteiger partial charge < -0.3 is 9.64 Å². The van der Waals surface area contributed by atoms with Gasteiger partial charge in [0.1, 0.15) is 11.1 Å². The first kappa shape index (κ1) is 17.9. The van der Waals surface area contributed by atoms with E-state index >= 15 is 0 Å². The molecule has 5 heteroatoms. The molecule has 3 atom stereocenters. The van der Waals surface area contributed by atoms with E-state index in [0.29, 0.717) is 19.4 Å². The molecule has 0 radical (unpaired) electrons. The SMILES string of the molecule is C[C@H](N[C@@H]1C[C@@]2(C(=O)OC(C)(C)C)CCCN2C1=O)c1ccccc1. The molecule has 25 heavy (non-hydrogen) atoms. The number of carbonyl (C=O) groups is 2. The Morgan fingerprint density at radius 3 is 2.64 bits per heavy atom. The summed E-state index contributed by atoms with van der Waals surface area (Å²) in [6.45, 7) is 8.28. The predicted octanol–water partition coefficient (Wildman–Crippen LogP) is 2.81. The third kappa shape index (κ3) is 3.43. The number of esters is 1. The summed E-state index contributed by atoms with van der Waals surface area (Å²) in [6, 6.07) is 9.75. The quantitative estimate of drug-likeness (QED) is 0.854. The lowest BCUT2D eigenvalue weighted by Crippen LogP contribution is -2.50. The van der Waals surface area contributed by atoms with Gasteiger partial charge in [-0.1, -0.05) is 30.3 Å². The van der Waals surface area contributed by atoms with Gasteiger partial charge in [-0.15, -0.1) is 0 Å². The molecule has 1 N–H and O–H groups in total. The van der Waals surface area contributed by atoms with Gasteiger partial charge in [-0.3, -0.25) is 10.1 Å². The molecule has 0 unspecified atom stereocenters. The highest BCUT2D eigenvalue weighted by molar-refractivity contribution is 5.95. The number of amides is 1. The van der Waals surface area contributed by atoms with E-state index in [2.05, 4.69) is 5.32 Å². The van der Waals surface area contributed by atoms with E-state index in [1.807, 2.05) is 58.0 Å². The summed E-state index contributed by atoms with van der Waals surface area (Å²) in [4.78, 5) is 27.5. The number of benzene rings is 1. The second kappa shape index (κ2) is 6.45. The maximum Gasteiger partial charge on any atom is 0.332 e. The summed E-state index contributed by atoms with van der Waals surface area (Å²) in [6.07, 6.45) is 2.02. The summed E-state index contributed by atoms with van der Waals surface area (Å²) in [7, 11) is 0. The molecule has 2 fully saturated rings. The number of hydrogen-bond donors (Lipinski definition) is 1. The molecule has 0 saturated carbocycles. The smallest absolute Gasteiger partial charge is 0.332 e. The van der Waals surface area contributed by atoms with Crippen molar-refractivity contribution in [1.82, 2.24) is 10.2 Å². The predicted molar refractivity (Wildman–Crippen MR) is 95.9 cm³/mol. The van der Waals surface area contributed by atoms with Crippen LogP contribution < -0.4 is 5.32 Å². The van der Waals surface area contributed by atoms with Gasteiger partial charge in [0.2, 0.25) is 5.91 Å². The highest BCUT2D eigenvalue weighted by atomic mass is 16.6. The molecule has 0 aliphatic carbocycles. The molecule has 0 spiro atoms. The maximum atomic E-state index is 12.9. The van der Waals surface area contributed by atoms with Crippen molar-refractivity contribution in [3.63, 3.8) is 0 Å². The molecule has 2 saturated heterocycles. The topological polar surface area (TPSA) is 58.6 Å². The van der Waals surface area contributed by atoms with Crippen molar-refractivity contribution in [2.75, 3.05) is 6.54 Å². The number of hydrogen-bond acceptors (Lipinski definition) is 4. The van der Waals surface area contributed by atoms with Crippen molar-refractivity contribution in [3.05, 3.63) is 35.9 Å². The molecule has 2 aliphatic rings. The first-order chi connectivity index (χ1) is 11.7. The van der Waals surface area contributed by atoms with Crippen LogP contribution in [-0.2, 0) is 14.3 Å². The van der Waals surface area contributed by atoms with Crippen LogP contribution in [0, 0.1) is 0 Å². The average Bonchev–Trinajstić information content (AvgIpc) is 3.07. The van der Waals surface area contributed by atoms with Gasteiger partial charge in [0.25, 0.3) is 0 Å². The van der Waals surface area contributed by atoms with Crippen LogP contribution in [-0.4, -0.2) is 40.5 Å². The van der Waals surface area contributed by atoms with Crippen molar-refractivity contribution in [1.29, 1.82) is 0 Å². The van der Waals surface area contributed by atoms with Crippen molar-refractivity contribution in [2.24, 2.45) is 0 Å². The van der Waals surface area contributed by atoms with Crippen molar-refractivity contribution >= 4 is 11.9 Å². The number of rotatable bonds is 4. The third-order valence-electron chi connectivity index (χ3n) is 5.12. The number of carbonyl (C=O) groups excluding carboxylic acids is 2. The lowest BCUT2D eigenvalue weighted by Gasteiger charge is -2.32. The van der Waals surface area contributed by atoms with E-state index in [0.717, 1.165) is 12.0 Å². The van der Waals surface area contributed by atoms with Crippen molar-refractivity contribution < 1.29 is 14.3 Å². The molecular formula is C20H28N2O3. The molecule has 0 bridgehead atoms. The van der Waals surface area contributed by atoms with E-state index in [-0.39, 0.29) is 24.0 Å². The second-order valence-corrected chi connectivity index (χ2v) is 8.18. The first-order valence-electron chi connectivity index (χ1n) is 9.09. The minimum absolute atomic E-state index is 0.0196. The Labute approximate surface area is 149 Å². The molecule has 136 valence electrons. The minimum Gasteiger partial charge on any atom is -0.458 e. The summed E-state index contributed by atoms with van der Waals surface area (Å²) in [5.74, 6) is -0.242. The van der Waals surface area contributed by atoms with Gasteiger partial charge in [-0.25, -0.2) is 4.79 Å². The molecule has 3 rings (SSSR count). The zero-order valence-electron chi connectivity index (χ0n) is 15.5. The molecule has 2 aliphatic heterocycles. The average molecular weight is 344 g/mol. The van der Waals surface area contributed by atoms with Crippen LogP contribution >= 0.6 is 0 Å². The van der Waals surface area contributed by atoms with Crippen LogP contribution in [0.5, 0.6) is 0 Å². The maximum absolute atomic E-state index is 12.9. The minimum atomic E-state index is -0.793. The Morgan fingerprint density at radius 1 is 1.32 bits per heavy atom. The molecule has 1 aromatic carbocycles. The Bertz CT molecular complexity index is 653. The van der Waals surface area contributed by atoms with Crippen LogP contribution in [0.15, 0.2) is 30.3 Å². The van der Waals surface area contributed by atoms with Crippen molar-refractivity contribution in [2.45, 2.75) is 70.2 Å². The molecule has 2 heterocycles.